The molecule has 0 spiro atoms. The average Bonchev–Trinajstić information content (AvgIpc) is 3.24. The number of furan rings is 2. The number of fused-ring (bicyclic) bond motifs is 1. The van der Waals surface area contributed by atoms with Crippen LogP contribution in [0.4, 0.5) is 0 Å². The third-order valence-electron chi connectivity index (χ3n) is 3.50. The van der Waals surface area contributed by atoms with Crippen LogP contribution in [0.2, 0.25) is 0 Å². The van der Waals surface area contributed by atoms with E-state index in [1.807, 2.05) is 0 Å². The quantitative estimate of drug-likeness (QED) is 0.374. The molecule has 2 aromatic heterocycles. The molecule has 0 amide bonds. The van der Waals surface area contributed by atoms with Gasteiger partial charge in [0.1, 0.15) is 29.4 Å². The van der Waals surface area contributed by atoms with E-state index in [0.29, 0.717) is 16.9 Å². The second-order valence-electron chi connectivity index (χ2n) is 4.93. The molecule has 3 rings (SSSR count). The Balaban J connectivity index is 2.04. The van der Waals surface area contributed by atoms with Crippen LogP contribution in [0.15, 0.2) is 39.4 Å². The molecule has 1 aromatic carbocycles. The van der Waals surface area contributed by atoms with Gasteiger partial charge in [0.2, 0.25) is 5.75 Å². The van der Waals surface area contributed by atoms with Gasteiger partial charge >= 0.3 is 0 Å². The molecule has 3 aromatic rings. The third kappa shape index (κ3) is 2.50. The molecule has 3 N–H and O–H groups in total. The number of ketones is 1. The molecule has 0 bridgehead atoms. The Kier molecular flexibility index (Phi) is 4.01. The fourth-order valence-corrected chi connectivity index (χ4v) is 2.39. The predicted octanol–water partition coefficient (Wildman–Crippen LogP) is 2.83. The van der Waals surface area contributed by atoms with E-state index in [2.05, 4.69) is 0 Å². The first-order valence-corrected chi connectivity index (χ1v) is 6.97. The molecule has 0 fully saturated rings. The fourth-order valence-electron chi connectivity index (χ4n) is 2.39. The summed E-state index contributed by atoms with van der Waals surface area (Å²) in [5.41, 5.74) is -0.155. The first kappa shape index (κ1) is 15.7. The monoisotopic (exact) mass is 330 g/mol. The Morgan fingerprint density at radius 1 is 1.25 bits per heavy atom. The van der Waals surface area contributed by atoms with E-state index in [4.69, 9.17) is 18.7 Å². The van der Waals surface area contributed by atoms with Crippen LogP contribution in [0.1, 0.15) is 21.9 Å². The van der Waals surface area contributed by atoms with E-state index in [1.165, 1.54) is 31.6 Å². The molecule has 24 heavy (non-hydrogen) atoms. The number of aliphatic hydroxyl groups excluding tert-OH is 1. The number of ether oxygens (including phenoxy) is 1. The molecule has 0 atom stereocenters. The number of methoxy groups -OCH3 is 1. The van der Waals surface area contributed by atoms with Crippen LogP contribution in [0.3, 0.4) is 0 Å². The molecule has 0 aliphatic rings. The van der Waals surface area contributed by atoms with E-state index < -0.39 is 17.3 Å². The Labute approximate surface area is 136 Å². The number of hydrogen-bond acceptors (Lipinski definition) is 7. The van der Waals surface area contributed by atoms with Gasteiger partial charge in [-0.05, 0) is 30.4 Å². The number of carbonyl (C=O) groups is 1. The van der Waals surface area contributed by atoms with Crippen molar-refractivity contribution in [1.29, 1.82) is 0 Å². The number of phenols is 2. The van der Waals surface area contributed by atoms with Crippen LogP contribution in [0.5, 0.6) is 17.2 Å². The Bertz CT molecular complexity index is 930. The van der Waals surface area contributed by atoms with E-state index >= 15 is 0 Å². The Morgan fingerprint density at radius 2 is 2.04 bits per heavy atom. The lowest BCUT2D eigenvalue weighted by Gasteiger charge is -2.10. The average molecular weight is 330 g/mol. The van der Waals surface area contributed by atoms with Gasteiger partial charge in [0.15, 0.2) is 17.1 Å². The lowest BCUT2D eigenvalue weighted by molar-refractivity contribution is 0.104. The van der Waals surface area contributed by atoms with Gasteiger partial charge in [0.05, 0.1) is 18.8 Å². The molecular formula is C17H14O7. The minimum Gasteiger partial charge on any atom is -0.504 e. The minimum atomic E-state index is -0.626. The van der Waals surface area contributed by atoms with Crippen LogP contribution < -0.4 is 4.74 Å². The second kappa shape index (κ2) is 6.13. The van der Waals surface area contributed by atoms with Crippen molar-refractivity contribution in [3.63, 3.8) is 0 Å². The van der Waals surface area contributed by atoms with Gasteiger partial charge in [0.25, 0.3) is 0 Å². The Hall–Kier alpha value is -3.19. The molecule has 7 heteroatoms. The number of rotatable bonds is 5. The number of benzene rings is 1. The van der Waals surface area contributed by atoms with Gasteiger partial charge in [-0.15, -0.1) is 0 Å². The number of carbonyl (C=O) groups excluding carboxylic acids is 1. The van der Waals surface area contributed by atoms with Gasteiger partial charge in [-0.2, -0.15) is 0 Å². The third-order valence-corrected chi connectivity index (χ3v) is 3.50. The van der Waals surface area contributed by atoms with Crippen LogP contribution in [0, 0.1) is 0 Å². The van der Waals surface area contributed by atoms with Gasteiger partial charge < -0.3 is 28.9 Å². The summed E-state index contributed by atoms with van der Waals surface area (Å²) in [6.07, 6.45) is 3.87. The highest BCUT2D eigenvalue weighted by Gasteiger charge is 2.25. The summed E-state index contributed by atoms with van der Waals surface area (Å²) < 4.78 is 15.5. The number of phenolic OH excluding ortho intramolecular Hbond substituents is 2. The number of allylic oxidation sites excluding steroid dienone is 1. The highest BCUT2D eigenvalue weighted by Crippen LogP contribution is 2.45. The normalized spacial score (nSPS) is 11.4. The zero-order chi connectivity index (χ0) is 17.3. The Morgan fingerprint density at radius 3 is 2.71 bits per heavy atom. The van der Waals surface area contributed by atoms with Crippen LogP contribution in [-0.2, 0) is 6.61 Å². The molecule has 0 saturated carbocycles. The molecule has 2 heterocycles. The van der Waals surface area contributed by atoms with E-state index in [-0.39, 0.29) is 23.5 Å². The lowest BCUT2D eigenvalue weighted by atomic mass is 10.0. The number of hydrogen-bond donors (Lipinski definition) is 3. The van der Waals surface area contributed by atoms with Crippen molar-refractivity contribution in [2.45, 2.75) is 6.61 Å². The summed E-state index contributed by atoms with van der Waals surface area (Å²) in [6, 6.07) is 4.68. The highest BCUT2D eigenvalue weighted by atomic mass is 16.5. The maximum atomic E-state index is 12.5. The second-order valence-corrected chi connectivity index (χ2v) is 4.93. The standard InChI is InChI=1S/C17H14O7/c1-22-16-11-6-7-23-17(11)15(21)14(20)13(16)12(19)5-4-9-2-3-10(8-18)24-9/h2-7,18,20-21H,8H2,1H3/b5-4+. The van der Waals surface area contributed by atoms with Gasteiger partial charge in [-0.1, -0.05) is 0 Å². The summed E-state index contributed by atoms with van der Waals surface area (Å²) in [7, 11) is 1.35. The maximum absolute atomic E-state index is 12.5. The highest BCUT2D eigenvalue weighted by molar-refractivity contribution is 6.14. The molecule has 7 nitrogen and oxygen atoms in total. The van der Waals surface area contributed by atoms with Gasteiger partial charge in [-0.3, -0.25) is 4.79 Å². The zero-order valence-electron chi connectivity index (χ0n) is 12.6. The molecule has 0 radical (unpaired) electrons. The summed E-state index contributed by atoms with van der Waals surface area (Å²) in [6.45, 7) is -0.249. The van der Waals surface area contributed by atoms with Crippen molar-refractivity contribution in [2.75, 3.05) is 7.11 Å². The van der Waals surface area contributed by atoms with Gasteiger partial charge in [0, 0.05) is 0 Å². The predicted molar refractivity (Wildman–Crippen MR) is 84.1 cm³/mol. The summed E-state index contributed by atoms with van der Waals surface area (Å²) in [5, 5.41) is 29.4. The topological polar surface area (TPSA) is 113 Å². The van der Waals surface area contributed by atoms with E-state index in [1.54, 1.807) is 12.1 Å². The molecule has 0 unspecified atom stereocenters. The largest absolute Gasteiger partial charge is 0.504 e. The number of aliphatic hydroxyl groups is 1. The van der Waals surface area contributed by atoms with E-state index in [9.17, 15) is 15.0 Å². The van der Waals surface area contributed by atoms with Crippen molar-refractivity contribution in [2.24, 2.45) is 0 Å². The van der Waals surface area contributed by atoms with Crippen molar-refractivity contribution in [1.82, 2.24) is 0 Å². The van der Waals surface area contributed by atoms with Gasteiger partial charge in [-0.25, -0.2) is 0 Å². The van der Waals surface area contributed by atoms with Crippen molar-refractivity contribution < 1.29 is 33.7 Å². The summed E-state index contributed by atoms with van der Waals surface area (Å²) >= 11 is 0. The number of aromatic hydroxyl groups is 2. The van der Waals surface area contributed by atoms with Crippen molar-refractivity contribution in [3.05, 3.63) is 47.6 Å². The molecule has 0 aliphatic heterocycles. The maximum Gasteiger partial charge on any atom is 0.202 e. The van der Waals surface area contributed by atoms with Crippen LogP contribution in [-0.4, -0.2) is 28.2 Å². The summed E-state index contributed by atoms with van der Waals surface area (Å²) in [5.74, 6) is -0.934. The first-order chi connectivity index (χ1) is 11.6. The van der Waals surface area contributed by atoms with Crippen molar-refractivity contribution in [3.8, 4) is 17.2 Å². The first-order valence-electron chi connectivity index (χ1n) is 6.97. The molecule has 0 saturated heterocycles. The molecule has 0 aliphatic carbocycles. The van der Waals surface area contributed by atoms with E-state index in [0.717, 1.165) is 0 Å². The fraction of sp³-hybridized carbons (Fsp3) is 0.118. The SMILES string of the molecule is COc1c(C(=O)/C=C/c2ccc(CO)o2)c(O)c(O)c2occc12. The van der Waals surface area contributed by atoms with Crippen LogP contribution in [0.25, 0.3) is 17.0 Å². The molecule has 124 valence electrons. The molecular weight excluding hydrogens is 316 g/mol. The minimum absolute atomic E-state index is 0.0310. The van der Waals surface area contributed by atoms with Crippen molar-refractivity contribution >= 4 is 22.8 Å². The smallest absolute Gasteiger partial charge is 0.202 e. The summed E-state index contributed by atoms with van der Waals surface area (Å²) in [4.78, 5) is 12.5. The zero-order valence-corrected chi connectivity index (χ0v) is 12.6. The van der Waals surface area contributed by atoms with Crippen LogP contribution >= 0.6 is 0 Å². The lowest BCUT2D eigenvalue weighted by Crippen LogP contribution is -2.00.